The minimum absolute atomic E-state index is 0. The fourth-order valence-corrected chi connectivity index (χ4v) is 1.37. The quantitative estimate of drug-likeness (QED) is 0.642. The zero-order chi connectivity index (χ0) is 11.4. The first-order valence-corrected chi connectivity index (χ1v) is 5.19. The lowest BCUT2D eigenvalue weighted by Crippen LogP contribution is -3.00. The van der Waals surface area contributed by atoms with E-state index in [2.05, 4.69) is 5.32 Å². The van der Waals surface area contributed by atoms with E-state index in [-0.39, 0.29) is 24.0 Å². The maximum Gasteiger partial charge on any atom is 0.294 e. The number of para-hydroxylation sites is 1. The van der Waals surface area contributed by atoms with Gasteiger partial charge in [0.2, 0.25) is 6.26 Å². The lowest BCUT2D eigenvalue weighted by molar-refractivity contribution is -0.00000375. The number of aryl methyl sites for hydroxylation is 1. The first-order chi connectivity index (χ1) is 7.77. The summed E-state index contributed by atoms with van der Waals surface area (Å²) in [7, 11) is 1.97. The number of benzene rings is 1. The summed E-state index contributed by atoms with van der Waals surface area (Å²) in [6, 6.07) is 10.0. The molecule has 0 spiro atoms. The van der Waals surface area contributed by atoms with Crippen LogP contribution in [0.25, 0.3) is 6.08 Å². The molecule has 17 heavy (non-hydrogen) atoms. The van der Waals surface area contributed by atoms with Crippen molar-refractivity contribution in [2.75, 3.05) is 5.32 Å². The van der Waals surface area contributed by atoms with Gasteiger partial charge in [-0.1, -0.05) is 18.2 Å². The van der Waals surface area contributed by atoms with Crippen molar-refractivity contribution in [2.45, 2.75) is 6.92 Å². The largest absolute Gasteiger partial charge is 1.00 e. The summed E-state index contributed by atoms with van der Waals surface area (Å²) in [4.78, 5) is 0. The number of nitrogens with one attached hydrogen (secondary N) is 1. The second kappa shape index (κ2) is 6.44. The van der Waals surface area contributed by atoms with Crippen molar-refractivity contribution in [1.29, 1.82) is 0 Å². The van der Waals surface area contributed by atoms with E-state index in [1.54, 1.807) is 6.26 Å². The topological polar surface area (TPSA) is 30.1 Å². The monoisotopic (exact) mass is 342 g/mol. The number of oxazole rings is 1. The van der Waals surface area contributed by atoms with Crippen molar-refractivity contribution in [3.63, 3.8) is 0 Å². The molecule has 0 aliphatic carbocycles. The van der Waals surface area contributed by atoms with E-state index in [1.807, 2.05) is 61.1 Å². The predicted molar refractivity (Wildman–Crippen MR) is 65.9 cm³/mol. The number of nitrogens with zero attached hydrogens (tertiary/aromatic N) is 1. The summed E-state index contributed by atoms with van der Waals surface area (Å²) in [6.45, 7) is 2.01. The molecule has 90 valence electrons. The van der Waals surface area contributed by atoms with Crippen molar-refractivity contribution in [2.24, 2.45) is 7.05 Å². The van der Waals surface area contributed by atoms with E-state index in [1.165, 1.54) is 0 Å². The van der Waals surface area contributed by atoms with Crippen molar-refractivity contribution < 1.29 is 28.4 Å². The van der Waals surface area contributed by atoms with Gasteiger partial charge in [0.25, 0.3) is 5.89 Å². The number of halogens is 1. The van der Waals surface area contributed by atoms with Gasteiger partial charge in [-0.25, -0.2) is 4.57 Å². The third-order valence-electron chi connectivity index (χ3n) is 2.46. The second-order valence-corrected chi connectivity index (χ2v) is 3.62. The highest BCUT2D eigenvalue weighted by Crippen LogP contribution is 2.09. The molecule has 0 fully saturated rings. The molecule has 0 aliphatic heterocycles. The Labute approximate surface area is 118 Å². The van der Waals surface area contributed by atoms with Crippen LogP contribution in [0.15, 0.2) is 47.2 Å². The number of rotatable bonds is 3. The number of aromatic nitrogens is 1. The Morgan fingerprint density at radius 3 is 2.59 bits per heavy atom. The smallest absolute Gasteiger partial charge is 0.294 e. The molecule has 0 amide bonds. The van der Waals surface area contributed by atoms with Crippen LogP contribution >= 0.6 is 0 Å². The van der Waals surface area contributed by atoms with E-state index in [4.69, 9.17) is 4.42 Å². The molecule has 0 aliphatic rings. The Hall–Kier alpha value is -1.30. The van der Waals surface area contributed by atoms with Gasteiger partial charge >= 0.3 is 0 Å². The summed E-state index contributed by atoms with van der Waals surface area (Å²) >= 11 is 0. The number of anilines is 1. The Balaban J connectivity index is 0.00000144. The highest BCUT2D eigenvalue weighted by atomic mass is 127. The number of hydrogen-bond acceptors (Lipinski definition) is 2. The summed E-state index contributed by atoms with van der Waals surface area (Å²) in [5, 5.41) is 3.18. The molecule has 1 aromatic carbocycles. The standard InChI is InChI=1S/C13H15N2O.HI/c1-11-10-16-13(15(11)2)8-9-14-12-6-4-3-5-7-12;/h3-10,14H,1-2H3;1H/q+1;/p-1. The van der Waals surface area contributed by atoms with Crippen molar-refractivity contribution in [3.05, 3.63) is 54.4 Å². The maximum atomic E-state index is 5.37. The molecule has 3 nitrogen and oxygen atoms in total. The Morgan fingerprint density at radius 2 is 2.00 bits per heavy atom. The van der Waals surface area contributed by atoms with Gasteiger partial charge in [-0.2, -0.15) is 0 Å². The first kappa shape index (κ1) is 13.8. The van der Waals surface area contributed by atoms with E-state index in [0.717, 1.165) is 17.3 Å². The van der Waals surface area contributed by atoms with Gasteiger partial charge in [0, 0.05) is 19.7 Å². The SMILES string of the molecule is Cc1co[c+](C=CNc2ccccc2)n1C.[I-]. The minimum atomic E-state index is 0. The zero-order valence-corrected chi connectivity index (χ0v) is 12.0. The molecule has 4 heteroatoms. The summed E-state index contributed by atoms with van der Waals surface area (Å²) in [5.41, 5.74) is 2.16. The van der Waals surface area contributed by atoms with E-state index < -0.39 is 0 Å². The van der Waals surface area contributed by atoms with E-state index in [9.17, 15) is 0 Å². The minimum Gasteiger partial charge on any atom is -1.00 e. The van der Waals surface area contributed by atoms with Crippen molar-refractivity contribution in [1.82, 2.24) is 4.57 Å². The van der Waals surface area contributed by atoms with Crippen LogP contribution in [0.5, 0.6) is 0 Å². The Kier molecular flexibility index (Phi) is 5.21. The van der Waals surface area contributed by atoms with Crippen LogP contribution in [0.4, 0.5) is 5.69 Å². The molecule has 1 heterocycles. The summed E-state index contributed by atoms with van der Waals surface area (Å²) in [6.07, 6.45) is 5.51. The van der Waals surface area contributed by atoms with Gasteiger partial charge in [0.1, 0.15) is 0 Å². The van der Waals surface area contributed by atoms with Crippen LogP contribution in [0.1, 0.15) is 11.6 Å². The molecular formula is C13H15IN2O. The average molecular weight is 342 g/mol. The molecule has 0 atom stereocenters. The third-order valence-corrected chi connectivity index (χ3v) is 2.46. The van der Waals surface area contributed by atoms with E-state index >= 15 is 0 Å². The van der Waals surface area contributed by atoms with Gasteiger partial charge < -0.3 is 33.7 Å². The highest BCUT2D eigenvalue weighted by Gasteiger charge is 2.07. The fraction of sp³-hybridized carbons (Fsp3) is 0.154. The summed E-state index contributed by atoms with van der Waals surface area (Å²) < 4.78 is 7.36. The van der Waals surface area contributed by atoms with Gasteiger partial charge in [-0.15, -0.1) is 0 Å². The van der Waals surface area contributed by atoms with Gasteiger partial charge in [-0.05, 0) is 12.1 Å². The molecule has 2 rings (SSSR count). The molecule has 0 radical (unpaired) electrons. The molecule has 2 aromatic rings. The van der Waals surface area contributed by atoms with Crippen molar-refractivity contribution >= 4 is 11.8 Å². The van der Waals surface area contributed by atoms with Crippen LogP contribution in [-0.4, -0.2) is 4.57 Å². The highest BCUT2D eigenvalue weighted by molar-refractivity contribution is 5.50. The summed E-state index contributed by atoms with van der Waals surface area (Å²) in [5.74, 6) is 0.820. The van der Waals surface area contributed by atoms with Crippen LogP contribution < -0.4 is 29.3 Å². The van der Waals surface area contributed by atoms with Gasteiger partial charge in [-0.3, -0.25) is 0 Å². The molecular weight excluding hydrogens is 327 g/mol. The first-order valence-electron chi connectivity index (χ1n) is 5.19. The van der Waals surface area contributed by atoms with Crippen molar-refractivity contribution in [3.8, 4) is 0 Å². The van der Waals surface area contributed by atoms with Gasteiger partial charge in [0.05, 0.1) is 12.3 Å². The Bertz CT molecular complexity index is 491. The maximum absolute atomic E-state index is 5.37. The molecule has 1 N–H and O–H groups in total. The third kappa shape index (κ3) is 3.59. The Morgan fingerprint density at radius 1 is 1.29 bits per heavy atom. The molecule has 0 unspecified atom stereocenters. The average Bonchev–Trinajstić information content (AvgIpc) is 2.62. The molecule has 0 saturated heterocycles. The zero-order valence-electron chi connectivity index (χ0n) is 9.85. The molecule has 1 aromatic heterocycles. The lowest BCUT2D eigenvalue weighted by atomic mass is 10.3. The van der Waals surface area contributed by atoms with Gasteiger partial charge in [0.15, 0.2) is 5.69 Å². The van der Waals surface area contributed by atoms with Crippen LogP contribution in [0, 0.1) is 6.92 Å². The second-order valence-electron chi connectivity index (χ2n) is 3.62. The van der Waals surface area contributed by atoms with Crippen LogP contribution in [0.3, 0.4) is 0 Å². The molecule has 0 saturated carbocycles. The normalized spacial score (nSPS) is 10.2. The lowest BCUT2D eigenvalue weighted by Gasteiger charge is -1.95. The number of hydrogen-bond donors (Lipinski definition) is 1. The fourth-order valence-electron chi connectivity index (χ4n) is 1.37. The van der Waals surface area contributed by atoms with Crippen LogP contribution in [-0.2, 0) is 7.05 Å². The molecule has 0 bridgehead atoms. The van der Waals surface area contributed by atoms with E-state index in [0.29, 0.717) is 0 Å². The van der Waals surface area contributed by atoms with Crippen LogP contribution in [0.2, 0.25) is 0 Å². The predicted octanol–water partition coefficient (Wildman–Crippen LogP) is 0.294.